The molecule has 0 bridgehead atoms. The number of aromatic nitrogens is 4. The van der Waals surface area contributed by atoms with Gasteiger partial charge in [0.1, 0.15) is 0 Å². The molecule has 1 N–H and O–H groups in total. The van der Waals surface area contributed by atoms with Gasteiger partial charge >= 0.3 is 0 Å². The third-order valence-electron chi connectivity index (χ3n) is 3.23. The Morgan fingerprint density at radius 1 is 1.20 bits per heavy atom. The van der Waals surface area contributed by atoms with E-state index < -0.39 is 0 Å². The lowest BCUT2D eigenvalue weighted by atomic mass is 10.2. The zero-order chi connectivity index (χ0) is 13.8. The fourth-order valence-electron chi connectivity index (χ4n) is 2.18. The van der Waals surface area contributed by atoms with Gasteiger partial charge in [-0.15, -0.1) is 0 Å². The molecule has 3 aromatic rings. The number of rotatable bonds is 5. The van der Waals surface area contributed by atoms with E-state index in [1.54, 1.807) is 12.5 Å². The van der Waals surface area contributed by atoms with Gasteiger partial charge in [-0.1, -0.05) is 6.07 Å². The molecule has 0 atom stereocenters. The number of imidazole rings is 1. The van der Waals surface area contributed by atoms with E-state index in [0.29, 0.717) is 0 Å². The first-order valence-corrected chi connectivity index (χ1v) is 6.70. The molecule has 0 saturated heterocycles. The highest BCUT2D eigenvalue weighted by Gasteiger charge is 2.01. The average Bonchev–Trinajstić information content (AvgIpc) is 3.16. The molecule has 20 heavy (non-hydrogen) atoms. The highest BCUT2D eigenvalue weighted by molar-refractivity contribution is 5.51. The summed E-state index contributed by atoms with van der Waals surface area (Å²) in [6.45, 7) is 3.75. The summed E-state index contributed by atoms with van der Waals surface area (Å²) in [5, 5.41) is 7.70. The number of nitrogens with one attached hydrogen (secondary N) is 1. The van der Waals surface area contributed by atoms with Crippen LogP contribution in [0.15, 0.2) is 55.2 Å². The zero-order valence-electron chi connectivity index (χ0n) is 11.4. The Hall–Kier alpha value is -2.56. The summed E-state index contributed by atoms with van der Waals surface area (Å²) in [4.78, 5) is 4.07. The minimum Gasteiger partial charge on any atom is -0.379 e. The summed E-state index contributed by atoms with van der Waals surface area (Å²) >= 11 is 0. The maximum atomic E-state index is 4.27. The highest BCUT2D eigenvalue weighted by Crippen LogP contribution is 2.15. The van der Waals surface area contributed by atoms with E-state index in [4.69, 9.17) is 0 Å². The Labute approximate surface area is 117 Å². The molecule has 0 fully saturated rings. The van der Waals surface area contributed by atoms with Crippen molar-refractivity contribution in [2.45, 2.75) is 20.0 Å². The molecule has 0 aliphatic rings. The topological polar surface area (TPSA) is 47.7 Å². The van der Waals surface area contributed by atoms with Crippen LogP contribution in [0, 0.1) is 0 Å². The van der Waals surface area contributed by atoms with E-state index in [0.717, 1.165) is 24.5 Å². The van der Waals surface area contributed by atoms with Crippen LogP contribution in [-0.2, 0) is 13.1 Å². The SMILES string of the molecule is CCn1nccc1CNc1cccc(-n2ccnc2)c1. The number of aryl methyl sites for hydroxylation is 1. The molecule has 0 saturated carbocycles. The van der Waals surface area contributed by atoms with Gasteiger partial charge in [0, 0.05) is 36.5 Å². The Morgan fingerprint density at radius 2 is 2.15 bits per heavy atom. The first kappa shape index (κ1) is 12.5. The van der Waals surface area contributed by atoms with E-state index in [2.05, 4.69) is 40.5 Å². The van der Waals surface area contributed by atoms with Crippen molar-refractivity contribution in [2.24, 2.45) is 0 Å². The number of hydrogen-bond donors (Lipinski definition) is 1. The van der Waals surface area contributed by atoms with Crippen molar-refractivity contribution in [2.75, 3.05) is 5.32 Å². The van der Waals surface area contributed by atoms with E-state index in [1.165, 1.54) is 5.69 Å². The van der Waals surface area contributed by atoms with Crippen molar-refractivity contribution in [1.82, 2.24) is 19.3 Å². The molecule has 2 heterocycles. The molecule has 2 aromatic heterocycles. The average molecular weight is 267 g/mol. The largest absolute Gasteiger partial charge is 0.379 e. The second-order valence-electron chi connectivity index (χ2n) is 4.51. The van der Waals surface area contributed by atoms with E-state index in [-0.39, 0.29) is 0 Å². The van der Waals surface area contributed by atoms with Crippen LogP contribution in [0.3, 0.4) is 0 Å². The second kappa shape index (κ2) is 5.61. The summed E-state index contributed by atoms with van der Waals surface area (Å²) in [5.41, 5.74) is 3.36. The van der Waals surface area contributed by atoms with Gasteiger partial charge in [-0.2, -0.15) is 5.10 Å². The Kier molecular flexibility index (Phi) is 3.50. The van der Waals surface area contributed by atoms with Gasteiger partial charge in [0.25, 0.3) is 0 Å². The second-order valence-corrected chi connectivity index (χ2v) is 4.51. The molecule has 0 aliphatic heterocycles. The fourth-order valence-corrected chi connectivity index (χ4v) is 2.18. The van der Waals surface area contributed by atoms with Crippen LogP contribution in [0.4, 0.5) is 5.69 Å². The van der Waals surface area contributed by atoms with Crippen molar-refractivity contribution in [3.8, 4) is 5.69 Å². The minimum atomic E-state index is 0.765. The Balaban J connectivity index is 1.74. The van der Waals surface area contributed by atoms with Gasteiger partial charge in [0.05, 0.1) is 18.6 Å². The van der Waals surface area contributed by atoms with E-state index in [9.17, 15) is 0 Å². The van der Waals surface area contributed by atoms with Crippen LogP contribution < -0.4 is 5.32 Å². The molecular formula is C15H17N5. The lowest BCUT2D eigenvalue weighted by molar-refractivity contribution is 0.627. The van der Waals surface area contributed by atoms with Crippen molar-refractivity contribution >= 4 is 5.69 Å². The number of benzene rings is 1. The molecule has 1 aromatic carbocycles. The lowest BCUT2D eigenvalue weighted by Gasteiger charge is -2.10. The third-order valence-corrected chi connectivity index (χ3v) is 3.23. The predicted octanol–water partition coefficient (Wildman–Crippen LogP) is 2.70. The molecule has 0 unspecified atom stereocenters. The number of anilines is 1. The Bertz CT molecular complexity index is 669. The molecule has 0 spiro atoms. The molecule has 5 nitrogen and oxygen atoms in total. The van der Waals surface area contributed by atoms with Crippen LogP contribution in [-0.4, -0.2) is 19.3 Å². The number of nitrogens with zero attached hydrogens (tertiary/aromatic N) is 4. The fraction of sp³-hybridized carbons (Fsp3) is 0.200. The summed E-state index contributed by atoms with van der Waals surface area (Å²) in [7, 11) is 0. The number of hydrogen-bond acceptors (Lipinski definition) is 3. The summed E-state index contributed by atoms with van der Waals surface area (Å²) in [6.07, 6.45) is 7.35. The third kappa shape index (κ3) is 2.56. The van der Waals surface area contributed by atoms with Crippen LogP contribution >= 0.6 is 0 Å². The molecule has 5 heteroatoms. The van der Waals surface area contributed by atoms with Gasteiger partial charge in [0.15, 0.2) is 0 Å². The normalized spacial score (nSPS) is 10.7. The molecule has 0 radical (unpaired) electrons. The Morgan fingerprint density at radius 3 is 2.95 bits per heavy atom. The van der Waals surface area contributed by atoms with Crippen molar-refractivity contribution in [3.63, 3.8) is 0 Å². The first-order chi connectivity index (χ1) is 9.86. The van der Waals surface area contributed by atoms with Gasteiger partial charge in [-0.3, -0.25) is 4.68 Å². The maximum absolute atomic E-state index is 4.27. The van der Waals surface area contributed by atoms with Gasteiger partial charge in [-0.25, -0.2) is 4.98 Å². The van der Waals surface area contributed by atoms with Gasteiger partial charge in [0.2, 0.25) is 0 Å². The van der Waals surface area contributed by atoms with Crippen LogP contribution in [0.5, 0.6) is 0 Å². The first-order valence-electron chi connectivity index (χ1n) is 6.70. The smallest absolute Gasteiger partial charge is 0.0991 e. The quantitative estimate of drug-likeness (QED) is 0.773. The van der Waals surface area contributed by atoms with Crippen LogP contribution in [0.1, 0.15) is 12.6 Å². The molecule has 0 aliphatic carbocycles. The minimum absolute atomic E-state index is 0.765. The molecule has 102 valence electrons. The predicted molar refractivity (Wildman–Crippen MR) is 78.8 cm³/mol. The van der Waals surface area contributed by atoms with Crippen molar-refractivity contribution in [1.29, 1.82) is 0 Å². The van der Waals surface area contributed by atoms with Crippen LogP contribution in [0.2, 0.25) is 0 Å². The van der Waals surface area contributed by atoms with Gasteiger partial charge < -0.3 is 9.88 Å². The monoisotopic (exact) mass is 267 g/mol. The van der Waals surface area contributed by atoms with E-state index >= 15 is 0 Å². The van der Waals surface area contributed by atoms with Crippen molar-refractivity contribution in [3.05, 3.63) is 60.9 Å². The van der Waals surface area contributed by atoms with Crippen LogP contribution in [0.25, 0.3) is 5.69 Å². The van der Waals surface area contributed by atoms with Crippen molar-refractivity contribution < 1.29 is 0 Å². The summed E-state index contributed by atoms with van der Waals surface area (Å²) in [5.74, 6) is 0. The molecular weight excluding hydrogens is 250 g/mol. The van der Waals surface area contributed by atoms with E-state index in [1.807, 2.05) is 33.8 Å². The standard InChI is InChI=1S/C15H17N5/c1-2-20-15(6-7-18-20)11-17-13-4-3-5-14(10-13)19-9-8-16-12-19/h3-10,12,17H,2,11H2,1H3. The maximum Gasteiger partial charge on any atom is 0.0991 e. The molecule has 0 amide bonds. The summed E-state index contributed by atoms with van der Waals surface area (Å²) in [6, 6.07) is 10.3. The highest BCUT2D eigenvalue weighted by atomic mass is 15.3. The lowest BCUT2D eigenvalue weighted by Crippen LogP contribution is -2.08. The summed E-state index contributed by atoms with van der Waals surface area (Å²) < 4.78 is 3.98. The molecule has 3 rings (SSSR count). The van der Waals surface area contributed by atoms with Gasteiger partial charge in [-0.05, 0) is 31.2 Å². The zero-order valence-corrected chi connectivity index (χ0v) is 11.4.